The lowest BCUT2D eigenvalue weighted by Gasteiger charge is -2.21. The van der Waals surface area contributed by atoms with Gasteiger partial charge in [-0.25, -0.2) is 4.98 Å². The second kappa shape index (κ2) is 7.48. The minimum Gasteiger partial charge on any atom is -0.348 e. The van der Waals surface area contributed by atoms with Crippen LogP contribution in [0.3, 0.4) is 0 Å². The largest absolute Gasteiger partial charge is 0.348 e. The van der Waals surface area contributed by atoms with E-state index in [1.807, 2.05) is 43.6 Å². The van der Waals surface area contributed by atoms with Gasteiger partial charge in [-0.15, -0.1) is 0 Å². The average molecular weight is 363 g/mol. The van der Waals surface area contributed by atoms with Gasteiger partial charge in [-0.05, 0) is 45.0 Å². The number of benzene rings is 1. The number of nitrogens with one attached hydrogen (secondary N) is 1. The third-order valence-corrected chi connectivity index (χ3v) is 5.07. The molecule has 0 radical (unpaired) electrons. The van der Waals surface area contributed by atoms with Crippen LogP contribution in [-0.2, 0) is 7.05 Å². The molecule has 1 fully saturated rings. The van der Waals surface area contributed by atoms with Crippen molar-refractivity contribution in [2.24, 2.45) is 7.05 Å². The Morgan fingerprint density at radius 1 is 1.26 bits per heavy atom. The highest BCUT2D eigenvalue weighted by molar-refractivity contribution is 6.07. The average Bonchev–Trinajstić information content (AvgIpc) is 3.32. The smallest absolute Gasteiger partial charge is 0.252 e. The Morgan fingerprint density at radius 2 is 2.04 bits per heavy atom. The second-order valence-corrected chi connectivity index (χ2v) is 7.36. The number of aryl methyl sites for hydroxylation is 1. The number of nitrogens with zero attached hydrogens (tertiary/aromatic N) is 4. The first-order valence-electron chi connectivity index (χ1n) is 9.52. The van der Waals surface area contributed by atoms with Crippen molar-refractivity contribution in [2.45, 2.75) is 25.8 Å². The molecule has 1 aliphatic rings. The van der Waals surface area contributed by atoms with E-state index in [9.17, 15) is 4.79 Å². The molecule has 6 heteroatoms. The molecule has 0 saturated carbocycles. The van der Waals surface area contributed by atoms with Crippen molar-refractivity contribution in [3.05, 3.63) is 48.3 Å². The molecule has 1 N–H and O–H groups in total. The zero-order valence-electron chi connectivity index (χ0n) is 15.9. The summed E-state index contributed by atoms with van der Waals surface area (Å²) in [4.78, 5) is 20.2. The first kappa shape index (κ1) is 17.7. The standard InChI is InChI=1S/C21H25N5O/c1-15(13-26-9-5-6-10-26)23-21(27)18-11-20(16-12-22-25(2)14-16)24-19-8-4-3-7-17(18)19/h3-4,7-8,11-12,14-15H,5-6,9-10,13H2,1-2H3,(H,23,27)/t15-/m1/s1. The fourth-order valence-corrected chi connectivity index (χ4v) is 3.76. The van der Waals surface area contributed by atoms with E-state index in [0.29, 0.717) is 5.56 Å². The molecule has 0 bridgehead atoms. The van der Waals surface area contributed by atoms with Crippen LogP contribution in [0.1, 0.15) is 30.1 Å². The van der Waals surface area contributed by atoms with Crippen LogP contribution in [0.15, 0.2) is 42.7 Å². The van der Waals surface area contributed by atoms with Crippen LogP contribution in [0.4, 0.5) is 0 Å². The summed E-state index contributed by atoms with van der Waals surface area (Å²) in [5.74, 6) is -0.0505. The summed E-state index contributed by atoms with van der Waals surface area (Å²) in [5, 5.41) is 8.27. The minimum absolute atomic E-state index is 0.0505. The minimum atomic E-state index is -0.0505. The molecular formula is C21H25N5O. The maximum atomic E-state index is 13.1. The van der Waals surface area contributed by atoms with Crippen LogP contribution >= 0.6 is 0 Å². The van der Waals surface area contributed by atoms with Crippen LogP contribution in [0.5, 0.6) is 0 Å². The van der Waals surface area contributed by atoms with Gasteiger partial charge in [0.2, 0.25) is 0 Å². The molecule has 1 aromatic carbocycles. The molecule has 27 heavy (non-hydrogen) atoms. The molecule has 3 heterocycles. The Hall–Kier alpha value is -2.73. The lowest BCUT2D eigenvalue weighted by molar-refractivity contribution is 0.0933. The molecule has 0 unspecified atom stereocenters. The maximum Gasteiger partial charge on any atom is 0.252 e. The van der Waals surface area contributed by atoms with Gasteiger partial charge in [0.25, 0.3) is 5.91 Å². The number of amides is 1. The lowest BCUT2D eigenvalue weighted by atomic mass is 10.0. The van der Waals surface area contributed by atoms with Crippen LogP contribution in [0.2, 0.25) is 0 Å². The van der Waals surface area contributed by atoms with Crippen LogP contribution in [0, 0.1) is 0 Å². The van der Waals surface area contributed by atoms with Crippen LogP contribution in [0.25, 0.3) is 22.2 Å². The maximum absolute atomic E-state index is 13.1. The molecule has 1 saturated heterocycles. The van der Waals surface area contributed by atoms with Gasteiger partial charge in [0.15, 0.2) is 0 Å². The molecule has 0 aliphatic carbocycles. The van der Waals surface area contributed by atoms with Crippen LogP contribution < -0.4 is 5.32 Å². The molecule has 3 aromatic rings. The van der Waals surface area contributed by atoms with Crippen molar-refractivity contribution in [2.75, 3.05) is 19.6 Å². The quantitative estimate of drug-likeness (QED) is 0.757. The summed E-state index contributed by atoms with van der Waals surface area (Å²) >= 11 is 0. The zero-order valence-corrected chi connectivity index (χ0v) is 15.9. The number of pyridine rings is 1. The zero-order chi connectivity index (χ0) is 18.8. The molecular weight excluding hydrogens is 338 g/mol. The van der Waals surface area contributed by atoms with Crippen LogP contribution in [-0.4, -0.2) is 51.2 Å². The number of carbonyl (C=O) groups excluding carboxylic acids is 1. The number of para-hydroxylation sites is 1. The normalized spacial score (nSPS) is 15.9. The summed E-state index contributed by atoms with van der Waals surface area (Å²) in [7, 11) is 1.87. The first-order valence-corrected chi connectivity index (χ1v) is 9.52. The molecule has 1 atom stereocenters. The van der Waals surface area contributed by atoms with Gasteiger partial charge in [0, 0.05) is 36.8 Å². The summed E-state index contributed by atoms with van der Waals surface area (Å²) in [6.45, 7) is 5.22. The molecule has 2 aromatic heterocycles. The van der Waals surface area contributed by atoms with Gasteiger partial charge < -0.3 is 10.2 Å². The van der Waals surface area contributed by atoms with Gasteiger partial charge in [0.05, 0.1) is 23.0 Å². The Bertz CT molecular complexity index is 958. The predicted octanol–water partition coefficient (Wildman–Crippen LogP) is 2.85. The number of hydrogen-bond acceptors (Lipinski definition) is 4. The van der Waals surface area contributed by atoms with Crippen molar-refractivity contribution >= 4 is 16.8 Å². The molecule has 4 rings (SSSR count). The van der Waals surface area contributed by atoms with Crippen molar-refractivity contribution in [1.29, 1.82) is 0 Å². The SMILES string of the molecule is C[C@H](CN1CCCC1)NC(=O)c1cc(-c2cnn(C)c2)nc2ccccc12. The van der Waals surface area contributed by atoms with Gasteiger partial charge in [0.1, 0.15) is 0 Å². The van der Waals surface area contributed by atoms with Gasteiger partial charge in [-0.3, -0.25) is 9.48 Å². The lowest BCUT2D eigenvalue weighted by Crippen LogP contribution is -2.41. The molecule has 140 valence electrons. The summed E-state index contributed by atoms with van der Waals surface area (Å²) in [6.07, 6.45) is 6.19. The fourth-order valence-electron chi connectivity index (χ4n) is 3.76. The van der Waals surface area contributed by atoms with Crippen molar-refractivity contribution in [1.82, 2.24) is 25.0 Å². The molecule has 1 amide bonds. The van der Waals surface area contributed by atoms with Gasteiger partial charge in [-0.1, -0.05) is 18.2 Å². The van der Waals surface area contributed by atoms with E-state index >= 15 is 0 Å². The van der Waals surface area contributed by atoms with Gasteiger partial charge in [-0.2, -0.15) is 5.10 Å². The number of fused-ring (bicyclic) bond motifs is 1. The van der Waals surface area contributed by atoms with E-state index in [4.69, 9.17) is 4.98 Å². The van der Waals surface area contributed by atoms with Crippen molar-refractivity contribution in [3.63, 3.8) is 0 Å². The van der Waals surface area contributed by atoms with E-state index in [0.717, 1.165) is 41.8 Å². The van der Waals surface area contributed by atoms with E-state index in [2.05, 4.69) is 22.2 Å². The number of rotatable bonds is 5. The predicted molar refractivity (Wildman–Crippen MR) is 107 cm³/mol. The number of hydrogen-bond donors (Lipinski definition) is 1. The highest BCUT2D eigenvalue weighted by Crippen LogP contribution is 2.24. The van der Waals surface area contributed by atoms with E-state index in [-0.39, 0.29) is 11.9 Å². The Labute approximate surface area is 159 Å². The van der Waals surface area contributed by atoms with E-state index in [1.54, 1.807) is 10.9 Å². The van der Waals surface area contributed by atoms with Crippen molar-refractivity contribution in [3.8, 4) is 11.3 Å². The van der Waals surface area contributed by atoms with Gasteiger partial charge >= 0.3 is 0 Å². The highest BCUT2D eigenvalue weighted by Gasteiger charge is 2.19. The molecule has 0 spiro atoms. The third kappa shape index (κ3) is 3.85. The summed E-state index contributed by atoms with van der Waals surface area (Å²) in [5.41, 5.74) is 3.14. The second-order valence-electron chi connectivity index (χ2n) is 7.36. The summed E-state index contributed by atoms with van der Waals surface area (Å²) in [6, 6.07) is 9.76. The Kier molecular flexibility index (Phi) is 4.90. The molecule has 6 nitrogen and oxygen atoms in total. The van der Waals surface area contributed by atoms with E-state index < -0.39 is 0 Å². The first-order chi connectivity index (χ1) is 13.1. The number of aromatic nitrogens is 3. The molecule has 1 aliphatic heterocycles. The third-order valence-electron chi connectivity index (χ3n) is 5.07. The number of likely N-dealkylation sites (tertiary alicyclic amines) is 1. The topological polar surface area (TPSA) is 63.1 Å². The van der Waals surface area contributed by atoms with Crippen molar-refractivity contribution < 1.29 is 4.79 Å². The Morgan fingerprint density at radius 3 is 2.78 bits per heavy atom. The monoisotopic (exact) mass is 363 g/mol. The fraction of sp³-hybridized carbons (Fsp3) is 0.381. The Balaban J connectivity index is 1.63. The van der Waals surface area contributed by atoms with E-state index in [1.165, 1.54) is 12.8 Å². The highest BCUT2D eigenvalue weighted by atomic mass is 16.1. The summed E-state index contributed by atoms with van der Waals surface area (Å²) < 4.78 is 1.74. The number of carbonyl (C=O) groups is 1.